The quantitative estimate of drug-likeness (QED) is 0.802. The van der Waals surface area contributed by atoms with Crippen LogP contribution in [0.15, 0.2) is 18.2 Å². The summed E-state index contributed by atoms with van der Waals surface area (Å²) < 4.78 is 5.47. The number of nitrogen functional groups attached to an aromatic ring is 1. The molecule has 21 heavy (non-hydrogen) atoms. The normalized spacial score (nSPS) is 19.4. The number of aryl methyl sites for hydroxylation is 1. The summed E-state index contributed by atoms with van der Waals surface area (Å²) in [5.41, 5.74) is 8.67. The van der Waals surface area contributed by atoms with Crippen molar-refractivity contribution in [3.8, 4) is 0 Å². The fourth-order valence-electron chi connectivity index (χ4n) is 2.82. The lowest BCUT2D eigenvalue weighted by Gasteiger charge is -2.34. The lowest BCUT2D eigenvalue weighted by molar-refractivity contribution is 0.0198. The molecule has 0 bridgehead atoms. The average molecular weight is 290 g/mol. The first-order chi connectivity index (χ1) is 9.74. The highest BCUT2D eigenvalue weighted by Crippen LogP contribution is 2.29. The first kappa shape index (κ1) is 15.7. The van der Waals surface area contributed by atoms with Crippen LogP contribution in [-0.2, 0) is 4.74 Å². The molecule has 4 heteroatoms. The zero-order valence-corrected chi connectivity index (χ0v) is 13.5. The number of amides is 1. The number of carbonyl (C=O) groups excluding carboxylic acids is 1. The minimum atomic E-state index is -0.447. The van der Waals surface area contributed by atoms with Crippen molar-refractivity contribution in [3.63, 3.8) is 0 Å². The van der Waals surface area contributed by atoms with E-state index in [-0.39, 0.29) is 6.09 Å². The largest absolute Gasteiger partial charge is 0.444 e. The molecule has 1 atom stereocenters. The lowest BCUT2D eigenvalue weighted by atomic mass is 9.89. The summed E-state index contributed by atoms with van der Waals surface area (Å²) >= 11 is 0. The van der Waals surface area contributed by atoms with Gasteiger partial charge in [-0.25, -0.2) is 4.79 Å². The molecule has 1 aromatic rings. The van der Waals surface area contributed by atoms with Crippen LogP contribution in [0.3, 0.4) is 0 Å². The van der Waals surface area contributed by atoms with E-state index in [4.69, 9.17) is 10.5 Å². The first-order valence-electron chi connectivity index (χ1n) is 7.59. The second kappa shape index (κ2) is 5.96. The number of benzene rings is 1. The molecule has 0 spiro atoms. The van der Waals surface area contributed by atoms with E-state index in [0.717, 1.165) is 25.1 Å². The number of carbonyl (C=O) groups is 1. The van der Waals surface area contributed by atoms with Crippen molar-refractivity contribution in [1.29, 1.82) is 0 Å². The van der Waals surface area contributed by atoms with E-state index in [9.17, 15) is 4.79 Å². The Bertz CT molecular complexity index is 500. The lowest BCUT2D eigenvalue weighted by Crippen LogP contribution is -2.42. The zero-order valence-electron chi connectivity index (χ0n) is 13.5. The van der Waals surface area contributed by atoms with Crippen LogP contribution < -0.4 is 5.73 Å². The van der Waals surface area contributed by atoms with Crippen molar-refractivity contribution in [1.82, 2.24) is 4.90 Å². The van der Waals surface area contributed by atoms with Gasteiger partial charge in [-0.3, -0.25) is 0 Å². The molecule has 1 aromatic carbocycles. The molecule has 0 saturated carbocycles. The van der Waals surface area contributed by atoms with Crippen molar-refractivity contribution in [2.24, 2.45) is 0 Å². The van der Waals surface area contributed by atoms with Crippen LogP contribution in [0.5, 0.6) is 0 Å². The minimum absolute atomic E-state index is 0.215. The van der Waals surface area contributed by atoms with E-state index in [0.29, 0.717) is 12.5 Å². The molecule has 1 fully saturated rings. The number of nitrogens with two attached hydrogens (primary N) is 1. The number of nitrogens with zero attached hydrogens (tertiary/aromatic N) is 1. The van der Waals surface area contributed by atoms with E-state index in [1.807, 2.05) is 44.7 Å². The number of ether oxygens (including phenoxy) is 1. The maximum absolute atomic E-state index is 12.2. The molecule has 1 heterocycles. The van der Waals surface area contributed by atoms with Crippen LogP contribution in [0.1, 0.15) is 50.7 Å². The number of rotatable bonds is 1. The predicted molar refractivity (Wildman–Crippen MR) is 85.4 cm³/mol. The molecule has 116 valence electrons. The molecule has 1 saturated heterocycles. The van der Waals surface area contributed by atoms with Gasteiger partial charge in [0, 0.05) is 24.7 Å². The molecule has 0 aromatic heterocycles. The Kier molecular flexibility index (Phi) is 4.45. The van der Waals surface area contributed by atoms with E-state index in [2.05, 4.69) is 6.07 Å². The van der Waals surface area contributed by atoms with Gasteiger partial charge in [0.2, 0.25) is 0 Å². The van der Waals surface area contributed by atoms with Crippen LogP contribution in [0.4, 0.5) is 10.5 Å². The van der Waals surface area contributed by atoms with Crippen LogP contribution in [0, 0.1) is 6.92 Å². The fraction of sp³-hybridized carbons (Fsp3) is 0.588. The summed E-state index contributed by atoms with van der Waals surface area (Å²) in [4.78, 5) is 14.0. The molecule has 1 unspecified atom stereocenters. The van der Waals surface area contributed by atoms with Crippen LogP contribution >= 0.6 is 0 Å². The smallest absolute Gasteiger partial charge is 0.410 e. The van der Waals surface area contributed by atoms with Gasteiger partial charge in [-0.1, -0.05) is 6.07 Å². The second-order valence-electron chi connectivity index (χ2n) is 6.94. The van der Waals surface area contributed by atoms with Crippen molar-refractivity contribution < 1.29 is 9.53 Å². The Morgan fingerprint density at radius 3 is 2.67 bits per heavy atom. The minimum Gasteiger partial charge on any atom is -0.444 e. The molecule has 2 rings (SSSR count). The number of hydrogen-bond donors (Lipinski definition) is 1. The summed E-state index contributed by atoms with van der Waals surface area (Å²) in [6.07, 6.45) is 1.87. The molecule has 0 aliphatic carbocycles. The van der Waals surface area contributed by atoms with Crippen molar-refractivity contribution in [2.75, 3.05) is 18.8 Å². The molecule has 1 aliphatic rings. The number of hydrogen-bond acceptors (Lipinski definition) is 3. The van der Waals surface area contributed by atoms with E-state index in [1.165, 1.54) is 11.1 Å². The van der Waals surface area contributed by atoms with Crippen molar-refractivity contribution >= 4 is 11.8 Å². The number of likely N-dealkylation sites (tertiary alicyclic amines) is 1. The average Bonchev–Trinajstić information content (AvgIpc) is 2.36. The highest BCUT2D eigenvalue weighted by atomic mass is 16.6. The van der Waals surface area contributed by atoms with E-state index in [1.54, 1.807) is 0 Å². The predicted octanol–water partition coefficient (Wildman–Crippen LogP) is 3.69. The molecule has 1 aliphatic heterocycles. The highest BCUT2D eigenvalue weighted by Gasteiger charge is 2.28. The fourth-order valence-corrected chi connectivity index (χ4v) is 2.82. The Morgan fingerprint density at radius 1 is 1.33 bits per heavy atom. The summed E-state index contributed by atoms with van der Waals surface area (Å²) in [7, 11) is 0. The molecule has 2 N–H and O–H groups in total. The third kappa shape index (κ3) is 4.38. The van der Waals surface area contributed by atoms with Gasteiger partial charge in [0.05, 0.1) is 0 Å². The van der Waals surface area contributed by atoms with E-state index < -0.39 is 5.60 Å². The Morgan fingerprint density at radius 2 is 2.05 bits per heavy atom. The summed E-state index contributed by atoms with van der Waals surface area (Å²) in [6, 6.07) is 6.16. The van der Waals surface area contributed by atoms with Gasteiger partial charge in [-0.15, -0.1) is 0 Å². The van der Waals surface area contributed by atoms with E-state index >= 15 is 0 Å². The van der Waals surface area contributed by atoms with Crippen LogP contribution in [-0.4, -0.2) is 29.7 Å². The third-order valence-corrected chi connectivity index (χ3v) is 3.67. The number of piperidine rings is 1. The molecule has 1 amide bonds. The van der Waals surface area contributed by atoms with Crippen molar-refractivity contribution in [2.45, 2.75) is 52.1 Å². The standard InChI is InChI=1S/C17H26N2O2/c1-12-8-14(10-15(18)9-12)13-6-5-7-19(11-13)16(20)21-17(2,3)4/h8-10,13H,5-7,11,18H2,1-4H3. The van der Waals surface area contributed by atoms with Crippen molar-refractivity contribution in [3.05, 3.63) is 29.3 Å². The van der Waals surface area contributed by atoms with Gasteiger partial charge >= 0.3 is 6.09 Å². The topological polar surface area (TPSA) is 55.6 Å². The second-order valence-corrected chi connectivity index (χ2v) is 6.94. The SMILES string of the molecule is Cc1cc(N)cc(C2CCCN(C(=O)OC(C)(C)C)C2)c1. The monoisotopic (exact) mass is 290 g/mol. The molecule has 4 nitrogen and oxygen atoms in total. The van der Waals surface area contributed by atoms with Gasteiger partial charge in [-0.2, -0.15) is 0 Å². The van der Waals surface area contributed by atoms with Crippen LogP contribution in [0.25, 0.3) is 0 Å². The molecular formula is C17H26N2O2. The maximum atomic E-state index is 12.2. The Labute approximate surface area is 127 Å². The zero-order chi connectivity index (χ0) is 15.6. The Hall–Kier alpha value is -1.71. The molecule has 0 radical (unpaired) electrons. The van der Waals surface area contributed by atoms with Gasteiger partial charge in [0.15, 0.2) is 0 Å². The van der Waals surface area contributed by atoms with Gasteiger partial charge in [0.25, 0.3) is 0 Å². The highest BCUT2D eigenvalue weighted by molar-refractivity contribution is 5.68. The summed E-state index contributed by atoms with van der Waals surface area (Å²) in [5, 5.41) is 0. The maximum Gasteiger partial charge on any atom is 0.410 e. The van der Waals surface area contributed by atoms with Gasteiger partial charge < -0.3 is 15.4 Å². The summed E-state index contributed by atoms with van der Waals surface area (Å²) in [5.74, 6) is 0.341. The third-order valence-electron chi connectivity index (χ3n) is 3.67. The van der Waals surface area contributed by atoms with Gasteiger partial charge in [-0.05, 0) is 63.8 Å². The number of anilines is 1. The Balaban J connectivity index is 2.08. The first-order valence-corrected chi connectivity index (χ1v) is 7.59. The summed E-state index contributed by atoms with van der Waals surface area (Å²) in [6.45, 7) is 9.22. The van der Waals surface area contributed by atoms with Crippen LogP contribution in [0.2, 0.25) is 0 Å². The molecular weight excluding hydrogens is 264 g/mol. The van der Waals surface area contributed by atoms with Gasteiger partial charge in [0.1, 0.15) is 5.60 Å².